The summed E-state index contributed by atoms with van der Waals surface area (Å²) >= 11 is 0. The fourth-order valence-corrected chi connectivity index (χ4v) is 1.39. The smallest absolute Gasteiger partial charge is 0.102 e. The number of nitriles is 1. The number of hydrogen-bond donors (Lipinski definition) is 0. The fraction of sp³-hybridized carbons (Fsp3) is 0.167. The topological polar surface area (TPSA) is 41.6 Å². The van der Waals surface area contributed by atoms with Gasteiger partial charge < -0.3 is 0 Å². The molecule has 0 unspecified atom stereocenters. The quantitative estimate of drug-likeness (QED) is 0.704. The van der Waals surface area contributed by atoms with Gasteiger partial charge in [-0.3, -0.25) is 0 Å². The van der Waals surface area contributed by atoms with Crippen molar-refractivity contribution in [3.63, 3.8) is 0 Å². The molecule has 74 valence electrons. The van der Waals surface area contributed by atoms with Crippen molar-refractivity contribution in [3.8, 4) is 11.8 Å². The van der Waals surface area contributed by atoms with Crippen LogP contribution in [0.15, 0.2) is 30.6 Å². The van der Waals surface area contributed by atoms with Crippen molar-refractivity contribution in [2.24, 2.45) is 0 Å². The summed E-state index contributed by atoms with van der Waals surface area (Å²) in [7, 11) is 0. The highest BCUT2D eigenvalue weighted by molar-refractivity contribution is 5.40. The Labute approximate surface area is 88.6 Å². The van der Waals surface area contributed by atoms with Crippen molar-refractivity contribution in [1.29, 1.82) is 5.26 Å². The summed E-state index contributed by atoms with van der Waals surface area (Å²) < 4.78 is 1.71. The largest absolute Gasteiger partial charge is 0.240 e. The van der Waals surface area contributed by atoms with E-state index in [9.17, 15) is 0 Å². The first kappa shape index (κ1) is 9.47. The number of rotatable bonds is 1. The van der Waals surface area contributed by atoms with Crippen molar-refractivity contribution >= 4 is 0 Å². The van der Waals surface area contributed by atoms with Crippen LogP contribution in [-0.2, 0) is 0 Å². The van der Waals surface area contributed by atoms with Crippen molar-refractivity contribution in [2.45, 2.75) is 13.8 Å². The molecule has 0 saturated carbocycles. The first-order chi connectivity index (χ1) is 7.20. The molecule has 0 radical (unpaired) electrons. The van der Waals surface area contributed by atoms with E-state index >= 15 is 0 Å². The Morgan fingerprint density at radius 2 is 2.07 bits per heavy atom. The molecule has 0 aliphatic heterocycles. The van der Waals surface area contributed by atoms with Gasteiger partial charge in [-0.1, -0.05) is 6.07 Å². The van der Waals surface area contributed by atoms with Crippen LogP contribution in [0.2, 0.25) is 0 Å². The van der Waals surface area contributed by atoms with Gasteiger partial charge in [-0.15, -0.1) is 0 Å². The Morgan fingerprint density at radius 1 is 1.27 bits per heavy atom. The van der Waals surface area contributed by atoms with Gasteiger partial charge in [0.05, 0.1) is 17.4 Å². The zero-order valence-corrected chi connectivity index (χ0v) is 8.73. The zero-order valence-electron chi connectivity index (χ0n) is 8.73. The molecule has 3 nitrogen and oxygen atoms in total. The third-order valence-electron chi connectivity index (χ3n) is 2.47. The number of benzene rings is 1. The summed E-state index contributed by atoms with van der Waals surface area (Å²) in [5.41, 5.74) is 4.04. The van der Waals surface area contributed by atoms with Gasteiger partial charge in [0, 0.05) is 6.20 Å². The van der Waals surface area contributed by atoms with Crippen molar-refractivity contribution in [3.05, 3.63) is 47.3 Å². The summed E-state index contributed by atoms with van der Waals surface area (Å²) in [4.78, 5) is 0. The third-order valence-corrected chi connectivity index (χ3v) is 2.47. The molecular formula is C12H11N3. The lowest BCUT2D eigenvalue weighted by molar-refractivity contribution is 0.878. The van der Waals surface area contributed by atoms with Crippen LogP contribution < -0.4 is 0 Å². The van der Waals surface area contributed by atoms with Gasteiger partial charge in [0.2, 0.25) is 0 Å². The number of hydrogen-bond acceptors (Lipinski definition) is 2. The van der Waals surface area contributed by atoms with Crippen LogP contribution >= 0.6 is 0 Å². The summed E-state index contributed by atoms with van der Waals surface area (Å²) in [6, 6.07) is 8.17. The molecule has 1 aromatic heterocycles. The minimum absolute atomic E-state index is 0.577. The third kappa shape index (κ3) is 1.75. The second-order valence-corrected chi connectivity index (χ2v) is 3.55. The van der Waals surface area contributed by atoms with Gasteiger partial charge in [0.25, 0.3) is 0 Å². The average Bonchev–Trinajstić information content (AvgIpc) is 2.70. The second kappa shape index (κ2) is 3.58. The molecule has 0 amide bonds. The molecule has 2 aromatic rings. The lowest BCUT2D eigenvalue weighted by atomic mass is 10.1. The van der Waals surface area contributed by atoms with Crippen molar-refractivity contribution < 1.29 is 0 Å². The second-order valence-electron chi connectivity index (χ2n) is 3.55. The van der Waals surface area contributed by atoms with Crippen LogP contribution in [0.4, 0.5) is 0 Å². The maximum Gasteiger partial charge on any atom is 0.102 e. The molecule has 0 N–H and O–H groups in total. The molecule has 0 aliphatic rings. The van der Waals surface area contributed by atoms with Gasteiger partial charge in [-0.25, -0.2) is 4.68 Å². The van der Waals surface area contributed by atoms with E-state index in [1.165, 1.54) is 11.1 Å². The van der Waals surface area contributed by atoms with E-state index in [0.717, 1.165) is 5.69 Å². The maximum absolute atomic E-state index is 8.69. The SMILES string of the molecule is Cc1ccc(-n2cc(C#N)cn2)cc1C. The van der Waals surface area contributed by atoms with Gasteiger partial charge in [-0.05, 0) is 37.1 Å². The monoisotopic (exact) mass is 197 g/mol. The molecule has 0 saturated heterocycles. The number of aromatic nitrogens is 2. The van der Waals surface area contributed by atoms with Gasteiger partial charge in [0.15, 0.2) is 0 Å². The predicted octanol–water partition coefficient (Wildman–Crippen LogP) is 2.36. The molecule has 0 bridgehead atoms. The molecule has 0 fully saturated rings. The van der Waals surface area contributed by atoms with E-state index in [0.29, 0.717) is 5.56 Å². The van der Waals surface area contributed by atoms with E-state index < -0.39 is 0 Å². The summed E-state index contributed by atoms with van der Waals surface area (Å²) in [5, 5.41) is 12.8. The Balaban J connectivity index is 2.46. The van der Waals surface area contributed by atoms with E-state index in [-0.39, 0.29) is 0 Å². The van der Waals surface area contributed by atoms with Crippen LogP contribution in [-0.4, -0.2) is 9.78 Å². The van der Waals surface area contributed by atoms with E-state index in [2.05, 4.69) is 37.1 Å². The van der Waals surface area contributed by atoms with E-state index in [4.69, 9.17) is 5.26 Å². The number of aryl methyl sites for hydroxylation is 2. The van der Waals surface area contributed by atoms with Crippen LogP contribution in [0.5, 0.6) is 0 Å². The highest BCUT2D eigenvalue weighted by Gasteiger charge is 2.01. The Morgan fingerprint density at radius 3 is 2.67 bits per heavy atom. The molecule has 0 spiro atoms. The Hall–Kier alpha value is -2.08. The average molecular weight is 197 g/mol. The highest BCUT2D eigenvalue weighted by atomic mass is 15.3. The first-order valence-electron chi connectivity index (χ1n) is 4.73. The molecule has 0 atom stereocenters. The summed E-state index contributed by atoms with van der Waals surface area (Å²) in [6.07, 6.45) is 3.29. The standard InChI is InChI=1S/C12H11N3/c1-9-3-4-12(5-10(9)2)15-8-11(6-13)7-14-15/h3-5,7-8H,1-2H3. The lowest BCUT2D eigenvalue weighted by Crippen LogP contribution is -1.95. The van der Waals surface area contributed by atoms with Gasteiger partial charge in [0.1, 0.15) is 6.07 Å². The lowest BCUT2D eigenvalue weighted by Gasteiger charge is -2.04. The molecule has 0 aliphatic carbocycles. The van der Waals surface area contributed by atoms with Crippen LogP contribution in [0, 0.1) is 25.2 Å². The van der Waals surface area contributed by atoms with Crippen molar-refractivity contribution in [1.82, 2.24) is 9.78 Å². The Kier molecular flexibility index (Phi) is 2.26. The molecule has 2 rings (SSSR count). The Bertz CT molecular complexity index is 532. The normalized spacial score (nSPS) is 9.93. The predicted molar refractivity (Wildman–Crippen MR) is 57.8 cm³/mol. The first-order valence-corrected chi connectivity index (χ1v) is 4.73. The molecule has 1 heterocycles. The fourth-order valence-electron chi connectivity index (χ4n) is 1.39. The maximum atomic E-state index is 8.69. The summed E-state index contributed by atoms with van der Waals surface area (Å²) in [5.74, 6) is 0. The minimum atomic E-state index is 0.577. The molecule has 15 heavy (non-hydrogen) atoms. The van der Waals surface area contributed by atoms with Gasteiger partial charge >= 0.3 is 0 Å². The molecule has 1 aromatic carbocycles. The summed E-state index contributed by atoms with van der Waals surface area (Å²) in [6.45, 7) is 4.14. The van der Waals surface area contributed by atoms with Crippen LogP contribution in [0.25, 0.3) is 5.69 Å². The minimum Gasteiger partial charge on any atom is -0.240 e. The molecular weight excluding hydrogens is 186 g/mol. The van der Waals surface area contributed by atoms with E-state index in [1.807, 2.05) is 6.07 Å². The molecule has 3 heteroatoms. The van der Waals surface area contributed by atoms with Crippen LogP contribution in [0.1, 0.15) is 16.7 Å². The zero-order chi connectivity index (χ0) is 10.8. The van der Waals surface area contributed by atoms with Crippen LogP contribution in [0.3, 0.4) is 0 Å². The number of nitrogens with zero attached hydrogens (tertiary/aromatic N) is 3. The van der Waals surface area contributed by atoms with E-state index in [1.54, 1.807) is 17.1 Å². The highest BCUT2D eigenvalue weighted by Crippen LogP contribution is 2.13. The van der Waals surface area contributed by atoms with Gasteiger partial charge in [-0.2, -0.15) is 10.4 Å². The van der Waals surface area contributed by atoms with Crippen molar-refractivity contribution in [2.75, 3.05) is 0 Å².